The second kappa shape index (κ2) is 10.4. The minimum absolute atomic E-state index is 0.432. The van der Waals surface area contributed by atoms with Gasteiger partial charge >= 0.3 is 0 Å². The van der Waals surface area contributed by atoms with E-state index >= 15 is 0 Å². The molecular formula is C16H30N4O. The number of nitrogens with one attached hydrogen (secondary N) is 2. The van der Waals surface area contributed by atoms with Crippen LogP contribution in [0.4, 0.5) is 11.6 Å². The predicted molar refractivity (Wildman–Crippen MR) is 88.8 cm³/mol. The van der Waals surface area contributed by atoms with Crippen LogP contribution >= 0.6 is 0 Å². The van der Waals surface area contributed by atoms with Crippen molar-refractivity contribution in [3.05, 3.63) is 11.9 Å². The van der Waals surface area contributed by atoms with Crippen molar-refractivity contribution in [2.75, 3.05) is 24.3 Å². The van der Waals surface area contributed by atoms with E-state index in [0.717, 1.165) is 18.2 Å². The first-order valence-electron chi connectivity index (χ1n) is 8.10. The molecule has 1 unspecified atom stereocenters. The third-order valence-electron chi connectivity index (χ3n) is 3.30. The van der Waals surface area contributed by atoms with Gasteiger partial charge < -0.3 is 15.4 Å². The smallest absolute Gasteiger partial charge is 0.158 e. The molecule has 1 atom stereocenters. The lowest BCUT2D eigenvalue weighted by Gasteiger charge is -2.19. The van der Waals surface area contributed by atoms with E-state index < -0.39 is 0 Å². The standard InChI is InChI=1S/C16H30N4O/c1-5-8-10-13(9-6-2)18-15-11-14(17-7-3)19-16(20-15)12-21-4/h11,13H,5-10,12H2,1-4H3,(H2,17,18,19,20). The van der Waals surface area contributed by atoms with Crippen LogP contribution in [0.25, 0.3) is 0 Å². The van der Waals surface area contributed by atoms with Gasteiger partial charge in [-0.2, -0.15) is 0 Å². The molecule has 0 aliphatic heterocycles. The quantitative estimate of drug-likeness (QED) is 0.649. The first-order valence-corrected chi connectivity index (χ1v) is 8.10. The van der Waals surface area contributed by atoms with Crippen molar-refractivity contribution in [3.63, 3.8) is 0 Å². The molecule has 1 heterocycles. The molecule has 0 saturated carbocycles. The molecule has 0 aromatic carbocycles. The Kier molecular flexibility index (Phi) is 8.74. The normalized spacial score (nSPS) is 12.2. The summed E-state index contributed by atoms with van der Waals surface area (Å²) < 4.78 is 5.15. The van der Waals surface area contributed by atoms with Gasteiger partial charge in [-0.3, -0.25) is 0 Å². The average Bonchev–Trinajstić information content (AvgIpc) is 2.45. The van der Waals surface area contributed by atoms with Crippen molar-refractivity contribution in [1.29, 1.82) is 0 Å². The van der Waals surface area contributed by atoms with Crippen molar-refractivity contribution in [2.24, 2.45) is 0 Å². The molecule has 120 valence electrons. The Hall–Kier alpha value is -1.36. The zero-order valence-corrected chi connectivity index (χ0v) is 13.9. The number of hydrogen-bond acceptors (Lipinski definition) is 5. The van der Waals surface area contributed by atoms with Crippen LogP contribution in [0, 0.1) is 0 Å². The van der Waals surface area contributed by atoms with E-state index in [1.54, 1.807) is 7.11 Å². The number of ether oxygens (including phenoxy) is 1. The maximum atomic E-state index is 5.15. The summed E-state index contributed by atoms with van der Waals surface area (Å²) in [5.74, 6) is 2.46. The lowest BCUT2D eigenvalue weighted by atomic mass is 10.1. The Morgan fingerprint density at radius 2 is 1.86 bits per heavy atom. The summed E-state index contributed by atoms with van der Waals surface area (Å²) in [5.41, 5.74) is 0. The molecule has 0 radical (unpaired) electrons. The van der Waals surface area contributed by atoms with E-state index in [1.807, 2.05) is 6.07 Å². The van der Waals surface area contributed by atoms with Gasteiger partial charge in [-0.15, -0.1) is 0 Å². The highest BCUT2D eigenvalue weighted by atomic mass is 16.5. The molecule has 0 fully saturated rings. The highest BCUT2D eigenvalue weighted by Gasteiger charge is 2.10. The number of aromatic nitrogens is 2. The third kappa shape index (κ3) is 6.76. The molecule has 5 heteroatoms. The third-order valence-corrected chi connectivity index (χ3v) is 3.30. The van der Waals surface area contributed by atoms with Crippen molar-refractivity contribution in [3.8, 4) is 0 Å². The summed E-state index contributed by atoms with van der Waals surface area (Å²) in [6, 6.07) is 2.46. The number of nitrogens with zero attached hydrogens (tertiary/aromatic N) is 2. The monoisotopic (exact) mass is 294 g/mol. The fraction of sp³-hybridized carbons (Fsp3) is 0.750. The molecule has 0 spiro atoms. The highest BCUT2D eigenvalue weighted by molar-refractivity contribution is 5.48. The summed E-state index contributed by atoms with van der Waals surface area (Å²) >= 11 is 0. The predicted octanol–water partition coefficient (Wildman–Crippen LogP) is 3.83. The van der Waals surface area contributed by atoms with Gasteiger partial charge in [-0.1, -0.05) is 33.1 Å². The fourth-order valence-electron chi connectivity index (χ4n) is 2.33. The topological polar surface area (TPSA) is 59.1 Å². The molecule has 0 amide bonds. The molecule has 0 aliphatic carbocycles. The lowest BCUT2D eigenvalue weighted by Crippen LogP contribution is -2.21. The summed E-state index contributed by atoms with van der Waals surface area (Å²) in [4.78, 5) is 8.99. The molecule has 2 N–H and O–H groups in total. The van der Waals surface area contributed by atoms with Gasteiger partial charge in [0.2, 0.25) is 0 Å². The summed E-state index contributed by atoms with van der Waals surface area (Å²) in [5, 5.41) is 6.81. The van der Waals surface area contributed by atoms with Crippen LogP contribution in [-0.4, -0.2) is 29.7 Å². The van der Waals surface area contributed by atoms with E-state index in [9.17, 15) is 0 Å². The van der Waals surface area contributed by atoms with Crippen molar-refractivity contribution in [1.82, 2.24) is 9.97 Å². The van der Waals surface area contributed by atoms with Crippen molar-refractivity contribution >= 4 is 11.6 Å². The summed E-state index contributed by atoms with van der Waals surface area (Å²) in [6.07, 6.45) is 6.00. The van der Waals surface area contributed by atoms with Crippen LogP contribution < -0.4 is 10.6 Å². The fourth-order valence-corrected chi connectivity index (χ4v) is 2.33. The number of unbranched alkanes of at least 4 members (excludes halogenated alkanes) is 1. The Morgan fingerprint density at radius 1 is 1.10 bits per heavy atom. The molecule has 1 rings (SSSR count). The maximum absolute atomic E-state index is 5.15. The van der Waals surface area contributed by atoms with Gasteiger partial charge in [0.05, 0.1) is 0 Å². The Balaban J connectivity index is 2.81. The van der Waals surface area contributed by atoms with E-state index in [4.69, 9.17) is 4.74 Å². The molecule has 0 bridgehead atoms. The zero-order valence-electron chi connectivity index (χ0n) is 13.9. The Bertz CT molecular complexity index is 374. The van der Waals surface area contributed by atoms with Crippen LogP contribution in [0.5, 0.6) is 0 Å². The second-order valence-electron chi connectivity index (χ2n) is 5.29. The van der Waals surface area contributed by atoms with Crippen molar-refractivity contribution in [2.45, 2.75) is 65.5 Å². The van der Waals surface area contributed by atoms with Gasteiger partial charge in [-0.05, 0) is 19.8 Å². The van der Waals surface area contributed by atoms with Crippen LogP contribution in [0.2, 0.25) is 0 Å². The molecule has 21 heavy (non-hydrogen) atoms. The molecule has 0 saturated heterocycles. The SMILES string of the molecule is CCCCC(CCC)Nc1cc(NCC)nc(COC)n1. The van der Waals surface area contributed by atoms with Gasteiger partial charge in [0, 0.05) is 25.8 Å². The first kappa shape index (κ1) is 17.7. The van der Waals surface area contributed by atoms with Crippen LogP contribution in [0.1, 0.15) is 58.7 Å². The highest BCUT2D eigenvalue weighted by Crippen LogP contribution is 2.17. The van der Waals surface area contributed by atoms with E-state index in [-0.39, 0.29) is 0 Å². The number of rotatable bonds is 11. The zero-order chi connectivity index (χ0) is 15.5. The van der Waals surface area contributed by atoms with Crippen LogP contribution in [-0.2, 0) is 11.3 Å². The minimum Gasteiger partial charge on any atom is -0.377 e. The summed E-state index contributed by atoms with van der Waals surface area (Å²) in [6.45, 7) is 7.79. The second-order valence-corrected chi connectivity index (χ2v) is 5.29. The van der Waals surface area contributed by atoms with Gasteiger partial charge in [-0.25, -0.2) is 9.97 Å². The lowest BCUT2D eigenvalue weighted by molar-refractivity contribution is 0.178. The molecule has 1 aromatic heterocycles. The van der Waals surface area contributed by atoms with Crippen molar-refractivity contribution < 1.29 is 4.74 Å². The van der Waals surface area contributed by atoms with E-state index in [1.165, 1.54) is 32.1 Å². The molecule has 5 nitrogen and oxygen atoms in total. The van der Waals surface area contributed by atoms with Gasteiger partial charge in [0.1, 0.15) is 18.2 Å². The Morgan fingerprint density at radius 3 is 2.48 bits per heavy atom. The minimum atomic E-state index is 0.432. The first-order chi connectivity index (χ1) is 10.2. The largest absolute Gasteiger partial charge is 0.377 e. The van der Waals surface area contributed by atoms with Gasteiger partial charge in [0.25, 0.3) is 0 Å². The van der Waals surface area contributed by atoms with Crippen LogP contribution in [0.3, 0.4) is 0 Å². The molecule has 1 aromatic rings. The number of anilines is 2. The molecule has 0 aliphatic rings. The van der Waals surface area contributed by atoms with E-state index in [2.05, 4.69) is 41.4 Å². The average molecular weight is 294 g/mol. The molecular weight excluding hydrogens is 264 g/mol. The van der Waals surface area contributed by atoms with Gasteiger partial charge in [0.15, 0.2) is 5.82 Å². The van der Waals surface area contributed by atoms with E-state index in [0.29, 0.717) is 18.5 Å². The summed E-state index contributed by atoms with van der Waals surface area (Å²) in [7, 11) is 1.66. The van der Waals surface area contributed by atoms with Crippen LogP contribution in [0.15, 0.2) is 6.07 Å². The number of methoxy groups -OCH3 is 1. The Labute approximate surface area is 128 Å². The number of hydrogen-bond donors (Lipinski definition) is 2. The maximum Gasteiger partial charge on any atom is 0.158 e.